The van der Waals surface area contributed by atoms with Crippen molar-refractivity contribution in [3.8, 4) is 11.5 Å². The molecule has 0 saturated carbocycles. The first-order valence-electron chi connectivity index (χ1n) is 9.96. The van der Waals surface area contributed by atoms with Crippen LogP contribution in [0.3, 0.4) is 0 Å². The molecule has 0 aliphatic rings. The number of hydrogen-bond donors (Lipinski definition) is 0. The molecular weight excluding hydrogens is 431 g/mol. The van der Waals surface area contributed by atoms with Crippen LogP contribution in [0.15, 0.2) is 73.3 Å². The zero-order valence-corrected chi connectivity index (χ0v) is 19.1. The van der Waals surface area contributed by atoms with Gasteiger partial charge in [0.1, 0.15) is 26.2 Å². The highest BCUT2D eigenvalue weighted by atomic mass is 19.1. The molecule has 1 aromatic carbocycles. The van der Waals surface area contributed by atoms with Crippen molar-refractivity contribution < 1.29 is 37.7 Å². The second-order valence-electron chi connectivity index (χ2n) is 6.81. The van der Waals surface area contributed by atoms with Gasteiger partial charge in [-0.25, -0.2) is 14.0 Å². The lowest BCUT2D eigenvalue weighted by Crippen LogP contribution is -2.13. The van der Waals surface area contributed by atoms with Crippen LogP contribution in [-0.2, 0) is 23.8 Å². The maximum absolute atomic E-state index is 13.0. The number of carbonyl (C=O) groups is 2. The Kier molecular flexibility index (Phi) is 12.0. The monoisotopic (exact) mass is 460 g/mol. The van der Waals surface area contributed by atoms with Gasteiger partial charge in [0.15, 0.2) is 17.3 Å². The van der Waals surface area contributed by atoms with Gasteiger partial charge >= 0.3 is 11.9 Å². The summed E-state index contributed by atoms with van der Waals surface area (Å²) in [4.78, 5) is 23.0. The third-order valence-electron chi connectivity index (χ3n) is 3.90. The van der Waals surface area contributed by atoms with E-state index in [1.807, 2.05) is 0 Å². The zero-order chi connectivity index (χ0) is 24.8. The van der Waals surface area contributed by atoms with E-state index < -0.39 is 11.9 Å². The van der Waals surface area contributed by atoms with Gasteiger partial charge in [-0.15, -0.1) is 0 Å². The highest BCUT2D eigenvalue weighted by Gasteiger charge is 2.10. The normalized spacial score (nSPS) is 11.1. The molecule has 8 heteroatoms. The van der Waals surface area contributed by atoms with Crippen LogP contribution in [0.25, 0.3) is 5.57 Å². The lowest BCUT2D eigenvalue weighted by atomic mass is 10.1. The van der Waals surface area contributed by atoms with Gasteiger partial charge in [0, 0.05) is 18.3 Å². The lowest BCUT2D eigenvalue weighted by Gasteiger charge is -2.14. The maximum Gasteiger partial charge on any atom is 0.338 e. The zero-order valence-electron chi connectivity index (χ0n) is 19.1. The Morgan fingerprint density at radius 1 is 0.909 bits per heavy atom. The Morgan fingerprint density at radius 3 is 2.15 bits per heavy atom. The SMILES string of the molecule is C=C(C)C(=O)OCCOc1ccc(C(=C)/C=C\C(=C\F)OC(=O)C(=C)C)cc1OCCOC. The van der Waals surface area contributed by atoms with E-state index in [1.165, 1.54) is 19.1 Å². The van der Waals surface area contributed by atoms with Crippen LogP contribution < -0.4 is 9.47 Å². The quantitative estimate of drug-likeness (QED) is 0.131. The molecule has 0 amide bonds. The number of rotatable bonds is 14. The fraction of sp³-hybridized carbons (Fsp3) is 0.280. The molecule has 0 fully saturated rings. The summed E-state index contributed by atoms with van der Waals surface area (Å²) < 4.78 is 39.3. The number of carbonyl (C=O) groups excluding carboxylic acids is 2. The van der Waals surface area contributed by atoms with Crippen LogP contribution in [0.1, 0.15) is 19.4 Å². The van der Waals surface area contributed by atoms with E-state index in [0.29, 0.717) is 34.8 Å². The first kappa shape index (κ1) is 27.4. The summed E-state index contributed by atoms with van der Waals surface area (Å²) in [5, 5.41) is 0. The largest absolute Gasteiger partial charge is 0.487 e. The topological polar surface area (TPSA) is 80.3 Å². The minimum absolute atomic E-state index is 0.0433. The van der Waals surface area contributed by atoms with E-state index in [9.17, 15) is 14.0 Å². The first-order valence-corrected chi connectivity index (χ1v) is 9.96. The van der Waals surface area contributed by atoms with E-state index in [2.05, 4.69) is 19.7 Å². The molecule has 0 saturated heterocycles. The Bertz CT molecular complexity index is 944. The molecule has 0 heterocycles. The van der Waals surface area contributed by atoms with Crippen molar-refractivity contribution in [1.29, 1.82) is 0 Å². The van der Waals surface area contributed by atoms with Crippen molar-refractivity contribution in [3.63, 3.8) is 0 Å². The molecule has 0 radical (unpaired) electrons. The highest BCUT2D eigenvalue weighted by molar-refractivity contribution is 5.88. The summed E-state index contributed by atoms with van der Waals surface area (Å²) in [5.41, 5.74) is 1.60. The molecule has 1 aromatic rings. The predicted octanol–water partition coefficient (Wildman–Crippen LogP) is 4.71. The van der Waals surface area contributed by atoms with Crippen molar-refractivity contribution in [2.75, 3.05) is 33.5 Å². The number of benzene rings is 1. The Labute approximate surface area is 193 Å². The minimum Gasteiger partial charge on any atom is -0.487 e. The van der Waals surface area contributed by atoms with Crippen molar-refractivity contribution in [1.82, 2.24) is 0 Å². The standard InChI is InChI=1S/C25H29FO7/c1-17(2)24(27)32-14-13-30-22-10-8-20(15-23(22)31-12-11-29-6)19(5)7-9-21(16-26)33-25(28)18(3)4/h7-10,15-16H,1,3,5,11-14H2,2,4,6H3/b9-7-,21-16-. The fourth-order valence-electron chi connectivity index (χ4n) is 2.15. The molecule has 0 aliphatic carbocycles. The molecule has 0 aliphatic heterocycles. The van der Waals surface area contributed by atoms with Crippen molar-refractivity contribution in [2.24, 2.45) is 0 Å². The molecule has 7 nitrogen and oxygen atoms in total. The number of esters is 2. The summed E-state index contributed by atoms with van der Waals surface area (Å²) in [6.45, 7) is 14.7. The molecule has 0 spiro atoms. The molecule has 0 N–H and O–H groups in total. The van der Waals surface area contributed by atoms with Gasteiger partial charge in [-0.2, -0.15) is 0 Å². The van der Waals surface area contributed by atoms with Crippen molar-refractivity contribution >= 4 is 17.5 Å². The van der Waals surface area contributed by atoms with Gasteiger partial charge in [0.25, 0.3) is 0 Å². The van der Waals surface area contributed by atoms with E-state index in [-0.39, 0.29) is 37.5 Å². The fourth-order valence-corrected chi connectivity index (χ4v) is 2.15. The van der Waals surface area contributed by atoms with Gasteiger partial charge in [-0.3, -0.25) is 0 Å². The minimum atomic E-state index is -0.738. The number of halogens is 1. The first-order chi connectivity index (χ1) is 15.7. The molecular formula is C25H29FO7. The summed E-state index contributed by atoms with van der Waals surface area (Å²) in [6.07, 6.45) is 2.93. The van der Waals surface area contributed by atoms with Gasteiger partial charge in [0.05, 0.1) is 6.61 Å². The molecule has 178 valence electrons. The number of allylic oxidation sites excluding steroid dienone is 3. The van der Waals surface area contributed by atoms with Gasteiger partial charge in [-0.1, -0.05) is 31.9 Å². The predicted molar refractivity (Wildman–Crippen MR) is 123 cm³/mol. The average molecular weight is 460 g/mol. The van der Waals surface area contributed by atoms with E-state index in [4.69, 9.17) is 23.7 Å². The van der Waals surface area contributed by atoms with Crippen LogP contribution in [0.2, 0.25) is 0 Å². The molecule has 0 unspecified atom stereocenters. The second-order valence-corrected chi connectivity index (χ2v) is 6.81. The Hall–Kier alpha value is -3.65. The molecule has 0 bridgehead atoms. The number of methoxy groups -OCH3 is 1. The van der Waals surface area contributed by atoms with E-state index in [0.717, 1.165) is 0 Å². The highest BCUT2D eigenvalue weighted by Crippen LogP contribution is 2.31. The van der Waals surface area contributed by atoms with Gasteiger partial charge in [-0.05, 0) is 43.2 Å². The van der Waals surface area contributed by atoms with Crippen LogP contribution in [0.4, 0.5) is 4.39 Å². The number of ether oxygens (including phenoxy) is 5. The third-order valence-corrected chi connectivity index (χ3v) is 3.90. The average Bonchev–Trinajstić information content (AvgIpc) is 2.79. The number of hydrogen-bond acceptors (Lipinski definition) is 7. The molecule has 33 heavy (non-hydrogen) atoms. The summed E-state index contributed by atoms with van der Waals surface area (Å²) in [7, 11) is 1.55. The van der Waals surface area contributed by atoms with E-state index in [1.54, 1.807) is 32.2 Å². The summed E-state index contributed by atoms with van der Waals surface area (Å²) in [6, 6.07) is 5.09. The Balaban J connectivity index is 2.91. The third kappa shape index (κ3) is 10.0. The Morgan fingerprint density at radius 2 is 1.55 bits per heavy atom. The van der Waals surface area contributed by atoms with Crippen LogP contribution >= 0.6 is 0 Å². The van der Waals surface area contributed by atoms with Crippen molar-refractivity contribution in [2.45, 2.75) is 13.8 Å². The van der Waals surface area contributed by atoms with Crippen LogP contribution in [0, 0.1) is 0 Å². The van der Waals surface area contributed by atoms with Crippen molar-refractivity contribution in [3.05, 3.63) is 78.9 Å². The molecule has 0 aromatic heterocycles. The van der Waals surface area contributed by atoms with Gasteiger partial charge < -0.3 is 23.7 Å². The summed E-state index contributed by atoms with van der Waals surface area (Å²) >= 11 is 0. The molecule has 1 rings (SSSR count). The maximum atomic E-state index is 13.0. The summed E-state index contributed by atoms with van der Waals surface area (Å²) in [5.74, 6) is -0.675. The smallest absolute Gasteiger partial charge is 0.338 e. The van der Waals surface area contributed by atoms with E-state index >= 15 is 0 Å². The molecule has 0 atom stereocenters. The van der Waals surface area contributed by atoms with Gasteiger partial charge in [0.2, 0.25) is 0 Å². The van der Waals surface area contributed by atoms with Crippen LogP contribution in [-0.4, -0.2) is 45.5 Å². The second kappa shape index (κ2) is 14.4. The van der Waals surface area contributed by atoms with Crippen LogP contribution in [0.5, 0.6) is 11.5 Å². The lowest BCUT2D eigenvalue weighted by molar-refractivity contribution is -0.139.